The van der Waals surface area contributed by atoms with Crippen LogP contribution in [0.2, 0.25) is 0 Å². The molecule has 0 radical (unpaired) electrons. The molecule has 3 rings (SSSR count). The van der Waals surface area contributed by atoms with Gasteiger partial charge in [0.05, 0.1) is 12.1 Å². The number of carbonyl (C=O) groups excluding carboxylic acids is 2. The number of aliphatic hydroxyl groups excluding tert-OH is 1. The third-order valence-electron chi connectivity index (χ3n) is 5.90. The van der Waals surface area contributed by atoms with E-state index in [4.69, 9.17) is 4.74 Å². The molecule has 1 amide bonds. The molecule has 0 spiro atoms. The summed E-state index contributed by atoms with van der Waals surface area (Å²) >= 11 is 0. The van der Waals surface area contributed by atoms with Crippen molar-refractivity contribution in [1.82, 2.24) is 4.90 Å². The lowest BCUT2D eigenvalue weighted by Gasteiger charge is -2.41. The number of fused-ring (bicyclic) bond motifs is 1. The zero-order valence-corrected chi connectivity index (χ0v) is 17.5. The van der Waals surface area contributed by atoms with Crippen LogP contribution in [0.15, 0.2) is 24.3 Å². The summed E-state index contributed by atoms with van der Waals surface area (Å²) < 4.78 is 5.61. The predicted octanol–water partition coefficient (Wildman–Crippen LogP) is 4.10. The van der Waals surface area contributed by atoms with Gasteiger partial charge in [0.2, 0.25) is 0 Å². The maximum absolute atomic E-state index is 12.9. The summed E-state index contributed by atoms with van der Waals surface area (Å²) in [6.07, 6.45) is 2.28. The topological polar surface area (TPSA) is 66.8 Å². The van der Waals surface area contributed by atoms with Crippen LogP contribution in [0.25, 0.3) is 0 Å². The molecular weight excluding hydrogens is 354 g/mol. The van der Waals surface area contributed by atoms with Crippen molar-refractivity contribution < 1.29 is 19.4 Å². The fraction of sp³-hybridized carbons (Fsp3) is 0.652. The first kappa shape index (κ1) is 20.8. The smallest absolute Gasteiger partial charge is 0.410 e. The van der Waals surface area contributed by atoms with Crippen molar-refractivity contribution in [3.05, 3.63) is 35.4 Å². The van der Waals surface area contributed by atoms with E-state index < -0.39 is 17.8 Å². The highest BCUT2D eigenvalue weighted by molar-refractivity contribution is 5.82. The number of amides is 1. The van der Waals surface area contributed by atoms with Gasteiger partial charge in [0, 0.05) is 18.9 Å². The molecule has 1 heterocycles. The molecule has 1 aromatic carbocycles. The van der Waals surface area contributed by atoms with E-state index in [2.05, 4.69) is 13.0 Å². The Morgan fingerprint density at radius 2 is 1.89 bits per heavy atom. The summed E-state index contributed by atoms with van der Waals surface area (Å²) in [4.78, 5) is 26.9. The van der Waals surface area contributed by atoms with E-state index in [0.717, 1.165) is 24.0 Å². The Kier molecular flexibility index (Phi) is 6.13. The number of hydrogen-bond acceptors (Lipinski definition) is 4. The SMILES string of the molecule is CC1CCC(C[C@@H](O)[C@@H]2Cc3ccccc3CN2C(=O)OC(C)(C)C)C(=O)C1. The number of hydrogen-bond donors (Lipinski definition) is 1. The second-order valence-electron chi connectivity index (χ2n) is 9.50. The minimum Gasteiger partial charge on any atom is -0.444 e. The summed E-state index contributed by atoms with van der Waals surface area (Å²) in [5.41, 5.74) is 1.63. The normalized spacial score (nSPS) is 26.5. The molecule has 28 heavy (non-hydrogen) atoms. The molecule has 1 aromatic rings. The van der Waals surface area contributed by atoms with Gasteiger partial charge in [-0.1, -0.05) is 31.2 Å². The molecular formula is C23H33NO4. The lowest BCUT2D eigenvalue weighted by atomic mass is 9.77. The van der Waals surface area contributed by atoms with Crippen LogP contribution in [0, 0.1) is 11.8 Å². The minimum absolute atomic E-state index is 0.108. The van der Waals surface area contributed by atoms with Gasteiger partial charge in [-0.15, -0.1) is 0 Å². The predicted molar refractivity (Wildman–Crippen MR) is 108 cm³/mol. The van der Waals surface area contributed by atoms with Gasteiger partial charge >= 0.3 is 6.09 Å². The summed E-state index contributed by atoms with van der Waals surface area (Å²) in [6, 6.07) is 7.63. The number of ketones is 1. The Bertz CT molecular complexity index is 724. The molecule has 1 N–H and O–H groups in total. The summed E-state index contributed by atoms with van der Waals surface area (Å²) in [5.74, 6) is 0.572. The Hall–Kier alpha value is -1.88. The molecule has 0 saturated heterocycles. The summed E-state index contributed by atoms with van der Waals surface area (Å²) in [5, 5.41) is 11.1. The van der Waals surface area contributed by atoms with Gasteiger partial charge in [-0.05, 0) is 63.5 Å². The number of ether oxygens (including phenoxy) is 1. The van der Waals surface area contributed by atoms with Crippen LogP contribution < -0.4 is 0 Å². The molecule has 0 bridgehead atoms. The highest BCUT2D eigenvalue weighted by Gasteiger charge is 2.39. The Labute approximate surface area is 168 Å². The van der Waals surface area contributed by atoms with Crippen LogP contribution in [-0.4, -0.2) is 39.6 Å². The molecule has 1 aliphatic carbocycles. The standard InChI is InChI=1S/C23H33NO4/c1-15-9-10-17(20(25)11-15)13-21(26)19-12-16-7-5-6-8-18(16)14-24(19)22(27)28-23(2,3)4/h5-8,15,17,19,21,26H,9-14H2,1-4H3/t15?,17?,19-,21+/m0/s1. The van der Waals surface area contributed by atoms with Gasteiger partial charge in [0.15, 0.2) is 0 Å². The Morgan fingerprint density at radius 1 is 1.21 bits per heavy atom. The number of nitrogens with zero attached hydrogens (tertiary/aromatic N) is 1. The molecule has 4 atom stereocenters. The lowest BCUT2D eigenvalue weighted by molar-refractivity contribution is -0.127. The Morgan fingerprint density at radius 3 is 2.54 bits per heavy atom. The second kappa shape index (κ2) is 8.24. The van der Waals surface area contributed by atoms with Crippen molar-refractivity contribution in [2.75, 3.05) is 0 Å². The fourth-order valence-corrected chi connectivity index (χ4v) is 4.37. The molecule has 5 nitrogen and oxygen atoms in total. The highest BCUT2D eigenvalue weighted by Crippen LogP contribution is 2.33. The number of aliphatic hydroxyl groups is 1. The maximum Gasteiger partial charge on any atom is 0.410 e. The van der Waals surface area contributed by atoms with Gasteiger partial charge in [0.1, 0.15) is 11.4 Å². The van der Waals surface area contributed by atoms with Gasteiger partial charge in [-0.3, -0.25) is 9.69 Å². The lowest BCUT2D eigenvalue weighted by Crippen LogP contribution is -2.52. The van der Waals surface area contributed by atoms with E-state index in [-0.39, 0.29) is 17.7 Å². The highest BCUT2D eigenvalue weighted by atomic mass is 16.6. The van der Waals surface area contributed by atoms with Crippen molar-refractivity contribution >= 4 is 11.9 Å². The van der Waals surface area contributed by atoms with E-state index in [1.54, 1.807) is 4.90 Å². The molecule has 0 aromatic heterocycles. The molecule has 1 aliphatic heterocycles. The van der Waals surface area contributed by atoms with Crippen molar-refractivity contribution in [2.24, 2.45) is 11.8 Å². The van der Waals surface area contributed by atoms with Crippen LogP contribution in [0.3, 0.4) is 0 Å². The van der Waals surface area contributed by atoms with E-state index in [1.165, 1.54) is 0 Å². The van der Waals surface area contributed by atoms with Crippen LogP contribution in [0.1, 0.15) is 64.5 Å². The Balaban J connectivity index is 1.78. The monoisotopic (exact) mass is 387 g/mol. The zero-order chi connectivity index (χ0) is 20.5. The molecule has 1 fully saturated rings. The van der Waals surface area contributed by atoms with E-state index in [1.807, 2.05) is 39.0 Å². The minimum atomic E-state index is -0.747. The van der Waals surface area contributed by atoms with E-state index in [0.29, 0.717) is 31.7 Å². The number of Topliss-reactive ketones (excluding diaryl/α,β-unsaturated/α-hetero) is 1. The van der Waals surface area contributed by atoms with Crippen LogP contribution in [0.5, 0.6) is 0 Å². The van der Waals surface area contributed by atoms with Gasteiger partial charge < -0.3 is 9.84 Å². The number of benzene rings is 1. The molecule has 2 aliphatic rings. The average Bonchev–Trinajstić information content (AvgIpc) is 2.61. The van der Waals surface area contributed by atoms with Crippen molar-refractivity contribution in [3.8, 4) is 0 Å². The molecule has 2 unspecified atom stereocenters. The average molecular weight is 388 g/mol. The van der Waals surface area contributed by atoms with Gasteiger partial charge in [-0.25, -0.2) is 4.79 Å². The largest absolute Gasteiger partial charge is 0.444 e. The zero-order valence-electron chi connectivity index (χ0n) is 17.5. The first-order valence-corrected chi connectivity index (χ1v) is 10.4. The number of rotatable bonds is 3. The third kappa shape index (κ3) is 4.93. The van der Waals surface area contributed by atoms with Gasteiger partial charge in [0.25, 0.3) is 0 Å². The van der Waals surface area contributed by atoms with E-state index >= 15 is 0 Å². The first-order chi connectivity index (χ1) is 13.1. The number of carbonyl (C=O) groups is 2. The molecule has 154 valence electrons. The van der Waals surface area contributed by atoms with Crippen LogP contribution >= 0.6 is 0 Å². The summed E-state index contributed by atoms with van der Waals surface area (Å²) in [6.45, 7) is 8.05. The van der Waals surface area contributed by atoms with E-state index in [9.17, 15) is 14.7 Å². The quantitative estimate of drug-likeness (QED) is 0.848. The summed E-state index contributed by atoms with van der Waals surface area (Å²) in [7, 11) is 0. The fourth-order valence-electron chi connectivity index (χ4n) is 4.37. The second-order valence-corrected chi connectivity index (χ2v) is 9.50. The van der Waals surface area contributed by atoms with Crippen molar-refractivity contribution in [1.29, 1.82) is 0 Å². The third-order valence-corrected chi connectivity index (χ3v) is 5.90. The molecule has 1 saturated carbocycles. The maximum atomic E-state index is 12.9. The first-order valence-electron chi connectivity index (χ1n) is 10.4. The van der Waals surface area contributed by atoms with Gasteiger partial charge in [-0.2, -0.15) is 0 Å². The van der Waals surface area contributed by atoms with Crippen molar-refractivity contribution in [2.45, 2.75) is 84.1 Å². The van der Waals surface area contributed by atoms with Crippen LogP contribution in [-0.2, 0) is 22.5 Å². The molecule has 5 heteroatoms. The van der Waals surface area contributed by atoms with Crippen molar-refractivity contribution in [3.63, 3.8) is 0 Å². The van der Waals surface area contributed by atoms with Crippen LogP contribution in [0.4, 0.5) is 4.79 Å².